The van der Waals surface area contributed by atoms with Gasteiger partial charge in [-0.15, -0.1) is 0 Å². The highest BCUT2D eigenvalue weighted by Gasteiger charge is 2.63. The Morgan fingerprint density at radius 1 is 0.873 bits per heavy atom. The number of hydrogen-bond donors (Lipinski definition) is 0. The Bertz CT molecular complexity index is 1840. The fraction of sp³-hybridized carbons (Fsp3) is 0.609. The molecule has 2 aliphatic rings. The second-order valence-electron chi connectivity index (χ2n) is 19.9. The zero-order valence-electron chi connectivity index (χ0n) is 36.6. The highest BCUT2D eigenvalue weighted by Crippen LogP contribution is 2.59. The van der Waals surface area contributed by atoms with E-state index in [9.17, 15) is 0 Å². The third kappa shape index (κ3) is 9.39. The molecule has 1 aliphatic carbocycles. The number of hydrogen-bond acceptors (Lipinski definition) is 6. The highest BCUT2D eigenvalue weighted by molar-refractivity contribution is 7.93. The van der Waals surface area contributed by atoms with E-state index < -0.39 is 31.9 Å². The van der Waals surface area contributed by atoms with Crippen LogP contribution in [0.2, 0.25) is 36.3 Å². The van der Waals surface area contributed by atoms with E-state index in [2.05, 4.69) is 172 Å². The fourth-order valence-electron chi connectivity index (χ4n) is 8.06. The van der Waals surface area contributed by atoms with Crippen LogP contribution in [0.5, 0.6) is 5.75 Å². The fourth-order valence-corrected chi connectivity index (χ4v) is 13.3. The number of rotatable bonds is 14. The molecule has 0 amide bonds. The van der Waals surface area contributed by atoms with Gasteiger partial charge >= 0.3 is 0 Å². The van der Waals surface area contributed by atoms with Gasteiger partial charge in [0.05, 0.1) is 47.4 Å². The number of aryl methyl sites for hydroxylation is 1. The summed E-state index contributed by atoms with van der Waals surface area (Å²) in [6.07, 6.45) is 3.00. The smallest absolute Gasteiger partial charge is 0.192 e. The molecule has 1 saturated carbocycles. The lowest BCUT2D eigenvalue weighted by molar-refractivity contribution is 0.0802. The third-order valence-electron chi connectivity index (χ3n) is 13.7. The SMILES string of the molecule is COc1ccc(CN2[C@@H](c3ccccc3)[C@H](O[Si](C)(C)C(C)(C)C)[C@@H]3CCC[C@@]32CS(=O)(=N[C@H](CO[Si](C)(C)C(C)(C)C)C(C)C)c2ccc(C)cc2)cc1. The molecule has 0 aromatic heterocycles. The largest absolute Gasteiger partial charge is 0.497 e. The van der Waals surface area contributed by atoms with Crippen molar-refractivity contribution in [2.24, 2.45) is 16.2 Å². The predicted octanol–water partition coefficient (Wildman–Crippen LogP) is 12.1. The van der Waals surface area contributed by atoms with Crippen LogP contribution in [0.3, 0.4) is 0 Å². The molecule has 1 heterocycles. The molecule has 1 saturated heterocycles. The zero-order valence-corrected chi connectivity index (χ0v) is 39.4. The molecule has 6 nitrogen and oxygen atoms in total. The molecule has 3 aromatic rings. The van der Waals surface area contributed by atoms with Gasteiger partial charge in [-0.2, -0.15) is 0 Å². The normalized spacial score (nSPS) is 24.1. The van der Waals surface area contributed by atoms with Gasteiger partial charge in [0.1, 0.15) is 5.75 Å². The Kier molecular flexibility index (Phi) is 13.2. The van der Waals surface area contributed by atoms with Gasteiger partial charge in [0, 0.05) is 22.9 Å². The van der Waals surface area contributed by atoms with Crippen molar-refractivity contribution in [3.05, 3.63) is 95.6 Å². The van der Waals surface area contributed by atoms with Crippen LogP contribution >= 0.6 is 0 Å². The molecular weight excluding hydrogens is 733 g/mol. The number of fused-ring (bicyclic) bond motifs is 1. The first-order valence-electron chi connectivity index (χ1n) is 20.6. The number of ether oxygens (including phenoxy) is 1. The van der Waals surface area contributed by atoms with Gasteiger partial charge < -0.3 is 13.6 Å². The first-order valence-corrected chi connectivity index (χ1v) is 28.1. The Labute approximate surface area is 337 Å². The summed E-state index contributed by atoms with van der Waals surface area (Å²) in [5, 5.41) is 0.110. The van der Waals surface area contributed by atoms with E-state index >= 15 is 4.21 Å². The van der Waals surface area contributed by atoms with Gasteiger partial charge in [0.25, 0.3) is 0 Å². The van der Waals surface area contributed by atoms with Crippen molar-refractivity contribution in [2.45, 2.75) is 153 Å². The van der Waals surface area contributed by atoms with Crippen molar-refractivity contribution in [3.8, 4) is 5.75 Å². The highest BCUT2D eigenvalue weighted by atomic mass is 32.2. The lowest BCUT2D eigenvalue weighted by Crippen LogP contribution is -2.51. The van der Waals surface area contributed by atoms with E-state index in [0.29, 0.717) is 18.9 Å². The second-order valence-corrected chi connectivity index (χ2v) is 31.7. The first-order chi connectivity index (χ1) is 25.5. The molecule has 1 aliphatic heterocycles. The Balaban J connectivity index is 1.73. The van der Waals surface area contributed by atoms with Crippen molar-refractivity contribution in [1.82, 2.24) is 4.90 Å². The molecule has 0 bridgehead atoms. The van der Waals surface area contributed by atoms with E-state index in [-0.39, 0.29) is 40.1 Å². The quantitative estimate of drug-likeness (QED) is 0.152. The van der Waals surface area contributed by atoms with Gasteiger partial charge in [-0.3, -0.25) is 4.90 Å². The van der Waals surface area contributed by atoms with Crippen molar-refractivity contribution < 1.29 is 17.8 Å². The molecule has 304 valence electrons. The van der Waals surface area contributed by atoms with Crippen molar-refractivity contribution in [1.29, 1.82) is 0 Å². The molecule has 3 aromatic carbocycles. The topological polar surface area (TPSA) is 60.4 Å². The Morgan fingerprint density at radius 2 is 1.47 bits per heavy atom. The van der Waals surface area contributed by atoms with Crippen molar-refractivity contribution in [2.75, 3.05) is 19.5 Å². The molecule has 2 fully saturated rings. The molecule has 6 atom stereocenters. The van der Waals surface area contributed by atoms with Gasteiger partial charge in [0.2, 0.25) is 0 Å². The number of methoxy groups -OCH3 is 1. The van der Waals surface area contributed by atoms with E-state index in [4.69, 9.17) is 18.0 Å². The van der Waals surface area contributed by atoms with Crippen LogP contribution in [0.1, 0.15) is 97.4 Å². The minimum absolute atomic E-state index is 0.00721. The molecule has 9 heteroatoms. The lowest BCUT2D eigenvalue weighted by atomic mass is 9.87. The van der Waals surface area contributed by atoms with Crippen LogP contribution < -0.4 is 4.74 Å². The van der Waals surface area contributed by atoms with E-state index in [1.54, 1.807) is 7.11 Å². The standard InChI is InChI=1S/C46H72N2O4SSi2/c1-34(2)41(32-51-54(11,12)44(4,5)6)47-53(49,39-28-22-35(3)23-29-39)33-46-30-18-21-40(46)43(52-55(13,14)45(7,8)9)42(37-19-16-15-17-20-37)48(46)31-36-24-26-38(50-10)27-25-36/h15-17,19-20,22-29,34,40-43H,18,21,30-33H2,1-14H3/t40-,41+,42-,43+,46+,53?/m0/s1. The summed E-state index contributed by atoms with van der Waals surface area (Å²) in [7, 11) is -5.55. The van der Waals surface area contributed by atoms with Crippen LogP contribution in [-0.2, 0) is 25.1 Å². The van der Waals surface area contributed by atoms with E-state index in [1.165, 1.54) is 11.1 Å². The van der Waals surface area contributed by atoms with Crippen LogP contribution in [0.25, 0.3) is 0 Å². The molecule has 0 radical (unpaired) electrons. The van der Waals surface area contributed by atoms with Crippen LogP contribution in [0, 0.1) is 18.8 Å². The zero-order chi connectivity index (χ0) is 40.6. The van der Waals surface area contributed by atoms with Crippen LogP contribution in [-0.4, -0.2) is 62.9 Å². The monoisotopic (exact) mass is 804 g/mol. The van der Waals surface area contributed by atoms with Crippen molar-refractivity contribution in [3.63, 3.8) is 0 Å². The number of nitrogens with zero attached hydrogens (tertiary/aromatic N) is 2. The Morgan fingerprint density at radius 3 is 2.02 bits per heavy atom. The maximum absolute atomic E-state index is 16.4. The first kappa shape index (κ1) is 43.8. The molecule has 5 rings (SSSR count). The van der Waals surface area contributed by atoms with E-state index in [1.807, 2.05) is 0 Å². The summed E-state index contributed by atoms with van der Waals surface area (Å²) in [6, 6.07) is 27.6. The molecule has 0 spiro atoms. The maximum atomic E-state index is 16.4. The van der Waals surface area contributed by atoms with Gasteiger partial charge in [-0.25, -0.2) is 8.57 Å². The molecule has 1 unspecified atom stereocenters. The number of likely N-dealkylation sites (tertiary alicyclic amines) is 1. The summed E-state index contributed by atoms with van der Waals surface area (Å²) in [5.74, 6) is 1.65. The van der Waals surface area contributed by atoms with E-state index in [0.717, 1.165) is 35.5 Å². The second kappa shape index (κ2) is 16.5. The lowest BCUT2D eigenvalue weighted by Gasteiger charge is -2.42. The van der Waals surface area contributed by atoms with Gasteiger partial charge in [-0.1, -0.05) is 122 Å². The average Bonchev–Trinajstić information content (AvgIpc) is 3.61. The maximum Gasteiger partial charge on any atom is 0.192 e. The van der Waals surface area contributed by atoms with Crippen LogP contribution in [0.15, 0.2) is 88.1 Å². The van der Waals surface area contributed by atoms with Gasteiger partial charge in [-0.05, 0) is 97.3 Å². The minimum Gasteiger partial charge on any atom is -0.497 e. The van der Waals surface area contributed by atoms with Gasteiger partial charge in [0.15, 0.2) is 16.6 Å². The number of benzene rings is 3. The summed E-state index contributed by atoms with van der Waals surface area (Å²) >= 11 is 0. The Hall–Kier alpha value is -2.28. The predicted molar refractivity (Wildman–Crippen MR) is 237 cm³/mol. The molecule has 0 N–H and O–H groups in total. The van der Waals surface area contributed by atoms with Crippen molar-refractivity contribution >= 4 is 26.4 Å². The third-order valence-corrected chi connectivity index (χ3v) is 25.1. The molecule has 55 heavy (non-hydrogen) atoms. The summed E-state index contributed by atoms with van der Waals surface area (Å²) in [5.41, 5.74) is 3.20. The summed E-state index contributed by atoms with van der Waals surface area (Å²) in [6.45, 7) is 30.9. The average molecular weight is 805 g/mol. The molecular formula is C46H72N2O4SSi2. The summed E-state index contributed by atoms with van der Waals surface area (Å²) < 4.78 is 42.1. The summed E-state index contributed by atoms with van der Waals surface area (Å²) in [4.78, 5) is 3.55. The minimum atomic E-state index is -2.96. The van der Waals surface area contributed by atoms with Crippen LogP contribution in [0.4, 0.5) is 0 Å².